The molecule has 0 atom stereocenters. The fourth-order valence-electron chi connectivity index (χ4n) is 1.18. The number of rotatable bonds is 2. The molecule has 0 saturated heterocycles. The molecule has 0 fully saturated rings. The zero-order chi connectivity index (χ0) is 14.1. The molecule has 0 bridgehead atoms. The molecule has 0 aliphatic rings. The average molecular weight is 322 g/mol. The van der Waals surface area contributed by atoms with E-state index < -0.39 is 0 Å². The largest absolute Gasteiger partial charge is 0.392 e. The minimum atomic E-state index is -0.0669. The van der Waals surface area contributed by atoms with Gasteiger partial charge in [-0.3, -0.25) is 9.97 Å². The summed E-state index contributed by atoms with van der Waals surface area (Å²) < 4.78 is 0.897. The van der Waals surface area contributed by atoms with Crippen LogP contribution in [-0.4, -0.2) is 20.2 Å². The molecule has 6 heteroatoms. The minimum absolute atomic E-state index is 0.0481. The van der Waals surface area contributed by atoms with Crippen molar-refractivity contribution in [3.05, 3.63) is 58.1 Å². The van der Waals surface area contributed by atoms with E-state index in [9.17, 15) is 0 Å². The smallest absolute Gasteiger partial charge is 0.101 e. The van der Waals surface area contributed by atoms with E-state index in [-0.39, 0.29) is 13.2 Å². The van der Waals surface area contributed by atoms with Gasteiger partial charge in [-0.1, -0.05) is 0 Å². The second kappa shape index (κ2) is 8.32. The Balaban J connectivity index is 0.000000191. The Bertz CT molecular complexity index is 570. The van der Waals surface area contributed by atoms with E-state index in [0.717, 1.165) is 10.0 Å². The number of aliphatic hydroxyl groups is 2. The lowest BCUT2D eigenvalue weighted by Crippen LogP contribution is -1.85. The zero-order valence-corrected chi connectivity index (χ0v) is 11.6. The normalized spacial score (nSPS) is 9.16. The van der Waals surface area contributed by atoms with E-state index in [0.29, 0.717) is 11.1 Å². The van der Waals surface area contributed by atoms with Gasteiger partial charge >= 0.3 is 0 Å². The Morgan fingerprint density at radius 2 is 1.58 bits per heavy atom. The summed E-state index contributed by atoms with van der Waals surface area (Å²) in [6.07, 6.45) is 6.30. The Kier molecular flexibility index (Phi) is 6.68. The van der Waals surface area contributed by atoms with Gasteiger partial charge in [0.05, 0.1) is 18.8 Å². The van der Waals surface area contributed by atoms with Crippen LogP contribution in [0.4, 0.5) is 0 Å². The van der Waals surface area contributed by atoms with Crippen LogP contribution in [0.5, 0.6) is 0 Å². The molecule has 0 unspecified atom stereocenters. The first-order chi connectivity index (χ1) is 9.19. The van der Waals surface area contributed by atoms with Gasteiger partial charge in [0.1, 0.15) is 6.07 Å². The predicted octanol–water partition coefficient (Wildman–Crippen LogP) is 1.78. The molecule has 0 spiro atoms. The summed E-state index contributed by atoms with van der Waals surface area (Å²) in [5.41, 5.74) is 1.97. The number of halogens is 1. The fourth-order valence-corrected chi connectivity index (χ4v) is 1.59. The highest BCUT2D eigenvalue weighted by Gasteiger charge is 1.92. The molecule has 0 saturated carbocycles. The van der Waals surface area contributed by atoms with Crippen LogP contribution in [0.15, 0.2) is 41.4 Å². The summed E-state index contributed by atoms with van der Waals surface area (Å²) in [7, 11) is 0. The first-order valence-electron chi connectivity index (χ1n) is 5.34. The number of nitriles is 1. The summed E-state index contributed by atoms with van der Waals surface area (Å²) in [5, 5.41) is 25.6. The van der Waals surface area contributed by atoms with Gasteiger partial charge in [0, 0.05) is 29.3 Å². The maximum atomic E-state index is 8.61. The average Bonchev–Trinajstić information content (AvgIpc) is 2.48. The van der Waals surface area contributed by atoms with Crippen molar-refractivity contribution < 1.29 is 10.2 Å². The van der Waals surface area contributed by atoms with Crippen LogP contribution in [0.3, 0.4) is 0 Å². The van der Waals surface area contributed by atoms with E-state index >= 15 is 0 Å². The van der Waals surface area contributed by atoms with Crippen LogP contribution >= 0.6 is 15.9 Å². The summed E-state index contributed by atoms with van der Waals surface area (Å²) in [5.74, 6) is 0. The van der Waals surface area contributed by atoms with E-state index in [4.69, 9.17) is 15.5 Å². The molecule has 2 aromatic rings. The summed E-state index contributed by atoms with van der Waals surface area (Å²) in [4.78, 5) is 7.59. The number of pyridine rings is 2. The van der Waals surface area contributed by atoms with Gasteiger partial charge in [-0.25, -0.2) is 0 Å². The van der Waals surface area contributed by atoms with Crippen LogP contribution in [0, 0.1) is 11.3 Å². The number of aliphatic hydroxyl groups excluding tert-OH is 2. The molecule has 0 aromatic carbocycles. The van der Waals surface area contributed by atoms with Gasteiger partial charge in [-0.05, 0) is 39.2 Å². The molecular formula is C13H12BrN3O2. The lowest BCUT2D eigenvalue weighted by Gasteiger charge is -1.92. The second-order valence-electron chi connectivity index (χ2n) is 3.52. The van der Waals surface area contributed by atoms with Gasteiger partial charge in [0.25, 0.3) is 0 Å². The number of nitrogens with zero attached hydrogens (tertiary/aromatic N) is 3. The predicted molar refractivity (Wildman–Crippen MR) is 72.7 cm³/mol. The summed E-state index contributed by atoms with van der Waals surface area (Å²) in [6, 6.07) is 5.36. The quantitative estimate of drug-likeness (QED) is 0.880. The molecule has 0 aliphatic heterocycles. The van der Waals surface area contributed by atoms with Gasteiger partial charge in [-0.15, -0.1) is 0 Å². The summed E-state index contributed by atoms with van der Waals surface area (Å²) in [6.45, 7) is -0.0189. The van der Waals surface area contributed by atoms with Crippen LogP contribution in [0.2, 0.25) is 0 Å². The monoisotopic (exact) mass is 321 g/mol. The Labute approximate surface area is 119 Å². The SMILES string of the molecule is N#Cc1cncc(CO)c1.OCc1cncc(Br)c1. The Morgan fingerprint density at radius 3 is 2.05 bits per heavy atom. The molecule has 2 aromatic heterocycles. The van der Waals surface area contributed by atoms with Crippen molar-refractivity contribution in [1.29, 1.82) is 5.26 Å². The minimum Gasteiger partial charge on any atom is -0.392 e. The molecule has 98 valence electrons. The topological polar surface area (TPSA) is 90.0 Å². The number of hydrogen-bond donors (Lipinski definition) is 2. The molecule has 0 aliphatic carbocycles. The van der Waals surface area contributed by atoms with Crippen molar-refractivity contribution in [2.45, 2.75) is 13.2 Å². The molecule has 0 amide bonds. The summed E-state index contributed by atoms with van der Waals surface area (Å²) >= 11 is 3.23. The molecule has 5 nitrogen and oxygen atoms in total. The highest BCUT2D eigenvalue weighted by atomic mass is 79.9. The molecule has 2 rings (SSSR count). The highest BCUT2D eigenvalue weighted by molar-refractivity contribution is 9.10. The first-order valence-corrected chi connectivity index (χ1v) is 6.14. The molecular weight excluding hydrogens is 310 g/mol. The van der Waals surface area contributed by atoms with Crippen molar-refractivity contribution in [3.8, 4) is 6.07 Å². The van der Waals surface area contributed by atoms with Crippen molar-refractivity contribution in [2.24, 2.45) is 0 Å². The van der Waals surface area contributed by atoms with E-state index in [2.05, 4.69) is 25.9 Å². The fraction of sp³-hybridized carbons (Fsp3) is 0.154. The van der Waals surface area contributed by atoms with Crippen LogP contribution in [0.1, 0.15) is 16.7 Å². The molecule has 19 heavy (non-hydrogen) atoms. The van der Waals surface area contributed by atoms with Crippen LogP contribution in [0.25, 0.3) is 0 Å². The van der Waals surface area contributed by atoms with Crippen molar-refractivity contribution in [2.75, 3.05) is 0 Å². The van der Waals surface area contributed by atoms with Gasteiger partial charge in [-0.2, -0.15) is 5.26 Å². The molecule has 2 heterocycles. The van der Waals surface area contributed by atoms with Crippen molar-refractivity contribution in [3.63, 3.8) is 0 Å². The van der Waals surface area contributed by atoms with Gasteiger partial charge in [0.15, 0.2) is 0 Å². The lowest BCUT2D eigenvalue weighted by atomic mass is 10.2. The lowest BCUT2D eigenvalue weighted by molar-refractivity contribution is 0.281. The first kappa shape index (κ1) is 15.2. The maximum absolute atomic E-state index is 8.61. The van der Waals surface area contributed by atoms with Gasteiger partial charge < -0.3 is 10.2 Å². The highest BCUT2D eigenvalue weighted by Crippen LogP contribution is 2.08. The molecule has 0 radical (unpaired) electrons. The Morgan fingerprint density at radius 1 is 1.00 bits per heavy atom. The van der Waals surface area contributed by atoms with Crippen LogP contribution < -0.4 is 0 Å². The van der Waals surface area contributed by atoms with E-state index in [1.165, 1.54) is 12.4 Å². The maximum Gasteiger partial charge on any atom is 0.101 e. The number of hydrogen-bond acceptors (Lipinski definition) is 5. The third-order valence-electron chi connectivity index (χ3n) is 2.05. The van der Waals surface area contributed by atoms with Crippen molar-refractivity contribution in [1.82, 2.24) is 9.97 Å². The van der Waals surface area contributed by atoms with E-state index in [1.807, 2.05) is 12.1 Å². The standard InChI is InChI=1S/C7H6N2O.C6H6BrNO/c8-2-6-1-7(5-10)4-9-3-6;7-6-1-5(4-9)2-8-3-6/h1,3-4,10H,5H2;1-3,9H,4H2. The van der Waals surface area contributed by atoms with Crippen LogP contribution in [-0.2, 0) is 13.2 Å². The second-order valence-corrected chi connectivity index (χ2v) is 4.44. The Hall–Kier alpha value is -1.81. The van der Waals surface area contributed by atoms with E-state index in [1.54, 1.807) is 18.5 Å². The number of aromatic nitrogens is 2. The third-order valence-corrected chi connectivity index (χ3v) is 2.48. The molecule has 2 N–H and O–H groups in total. The van der Waals surface area contributed by atoms with Crippen molar-refractivity contribution >= 4 is 15.9 Å². The zero-order valence-electron chi connectivity index (χ0n) is 9.99. The third kappa shape index (κ3) is 5.57. The van der Waals surface area contributed by atoms with Gasteiger partial charge in [0.2, 0.25) is 0 Å².